The van der Waals surface area contributed by atoms with Gasteiger partial charge in [0.1, 0.15) is 5.75 Å². The maximum atomic E-state index is 9.31. The second-order valence-electron chi connectivity index (χ2n) is 5.59. The summed E-state index contributed by atoms with van der Waals surface area (Å²) in [6.07, 6.45) is 2.51. The van der Waals surface area contributed by atoms with E-state index in [0.717, 1.165) is 23.2 Å². The summed E-state index contributed by atoms with van der Waals surface area (Å²) < 4.78 is 5.28. The summed E-state index contributed by atoms with van der Waals surface area (Å²) in [5.74, 6) is 1.93. The zero-order chi connectivity index (χ0) is 15.5. The number of rotatable bonds is 4. The van der Waals surface area contributed by atoms with Crippen LogP contribution in [0.4, 0.5) is 0 Å². The molecule has 0 aliphatic rings. The first-order valence-electron chi connectivity index (χ1n) is 7.20. The van der Waals surface area contributed by atoms with Gasteiger partial charge in [0, 0.05) is 18.2 Å². The Morgan fingerprint density at radius 2 is 1.77 bits per heavy atom. The Hall–Kier alpha value is -2.69. The van der Waals surface area contributed by atoms with E-state index in [4.69, 9.17) is 4.52 Å². The highest BCUT2D eigenvalue weighted by Crippen LogP contribution is 2.23. The van der Waals surface area contributed by atoms with Crippen molar-refractivity contribution in [2.24, 2.45) is 5.92 Å². The average Bonchev–Trinajstić information content (AvgIpc) is 2.96. The zero-order valence-electron chi connectivity index (χ0n) is 12.5. The molecule has 0 bridgehead atoms. The molecular weight excluding hydrogens is 278 g/mol. The highest BCUT2D eigenvalue weighted by atomic mass is 16.5. The maximum Gasteiger partial charge on any atom is 0.259 e. The van der Waals surface area contributed by atoms with Gasteiger partial charge in [0.15, 0.2) is 5.82 Å². The van der Waals surface area contributed by atoms with Gasteiger partial charge in [0.2, 0.25) is 0 Å². The molecule has 0 saturated carbocycles. The van der Waals surface area contributed by atoms with Gasteiger partial charge >= 0.3 is 0 Å². The third kappa shape index (κ3) is 3.14. The van der Waals surface area contributed by atoms with Gasteiger partial charge < -0.3 is 9.63 Å². The summed E-state index contributed by atoms with van der Waals surface area (Å²) in [5, 5.41) is 13.3. The average molecular weight is 295 g/mol. The van der Waals surface area contributed by atoms with Crippen LogP contribution in [0.1, 0.15) is 19.7 Å². The Kier molecular flexibility index (Phi) is 3.87. The van der Waals surface area contributed by atoms with E-state index in [1.54, 1.807) is 18.3 Å². The molecular formula is C17H17N3O2. The molecule has 0 aliphatic heterocycles. The van der Waals surface area contributed by atoms with Crippen LogP contribution in [-0.2, 0) is 6.42 Å². The summed E-state index contributed by atoms with van der Waals surface area (Å²) >= 11 is 0. The quantitative estimate of drug-likeness (QED) is 0.794. The van der Waals surface area contributed by atoms with E-state index in [9.17, 15) is 5.11 Å². The number of aromatic nitrogens is 3. The Labute approximate surface area is 128 Å². The van der Waals surface area contributed by atoms with Crippen LogP contribution >= 0.6 is 0 Å². The summed E-state index contributed by atoms with van der Waals surface area (Å²) in [4.78, 5) is 8.80. The lowest BCUT2D eigenvalue weighted by Gasteiger charge is -2.01. The first kappa shape index (κ1) is 14.3. The molecule has 112 valence electrons. The summed E-state index contributed by atoms with van der Waals surface area (Å²) in [5.41, 5.74) is 2.56. The van der Waals surface area contributed by atoms with Crippen molar-refractivity contribution in [1.82, 2.24) is 15.1 Å². The Bertz CT molecular complexity index is 746. The number of aromatic hydroxyl groups is 1. The number of phenolic OH excluding ortho intramolecular Hbond substituents is 1. The fourth-order valence-electron chi connectivity index (χ4n) is 2.14. The second kappa shape index (κ2) is 5.97. The van der Waals surface area contributed by atoms with Gasteiger partial charge in [0.25, 0.3) is 5.89 Å². The fraction of sp³-hybridized carbons (Fsp3) is 0.235. The first-order valence-corrected chi connectivity index (χ1v) is 7.20. The van der Waals surface area contributed by atoms with Gasteiger partial charge in [-0.05, 0) is 42.3 Å². The summed E-state index contributed by atoms with van der Waals surface area (Å²) in [6, 6.07) is 10.7. The Balaban J connectivity index is 1.82. The van der Waals surface area contributed by atoms with Gasteiger partial charge in [-0.3, -0.25) is 4.98 Å². The molecule has 0 atom stereocenters. The Morgan fingerprint density at radius 3 is 2.41 bits per heavy atom. The van der Waals surface area contributed by atoms with Crippen LogP contribution < -0.4 is 0 Å². The van der Waals surface area contributed by atoms with Gasteiger partial charge in [-0.1, -0.05) is 19.0 Å². The van der Waals surface area contributed by atoms with Crippen LogP contribution in [0.5, 0.6) is 5.75 Å². The van der Waals surface area contributed by atoms with Gasteiger partial charge in [-0.25, -0.2) is 0 Å². The molecule has 1 aromatic carbocycles. The van der Waals surface area contributed by atoms with Crippen LogP contribution in [0.3, 0.4) is 0 Å². The van der Waals surface area contributed by atoms with E-state index in [0.29, 0.717) is 17.6 Å². The van der Waals surface area contributed by atoms with Crippen molar-refractivity contribution in [1.29, 1.82) is 0 Å². The predicted molar refractivity (Wildman–Crippen MR) is 83.2 cm³/mol. The zero-order valence-corrected chi connectivity index (χ0v) is 12.5. The van der Waals surface area contributed by atoms with E-state index < -0.39 is 0 Å². The fourth-order valence-corrected chi connectivity index (χ4v) is 2.14. The van der Waals surface area contributed by atoms with Crippen molar-refractivity contribution in [3.05, 3.63) is 48.4 Å². The minimum Gasteiger partial charge on any atom is -0.508 e. The van der Waals surface area contributed by atoms with E-state index >= 15 is 0 Å². The minimum atomic E-state index is 0.240. The number of hydrogen-bond donors (Lipinski definition) is 1. The molecule has 3 aromatic rings. The van der Waals surface area contributed by atoms with Crippen molar-refractivity contribution in [2.75, 3.05) is 0 Å². The molecule has 22 heavy (non-hydrogen) atoms. The SMILES string of the molecule is CC(C)Cc1noc(-c2ccc(-c3ccc(O)cc3)nc2)n1. The molecule has 2 aromatic heterocycles. The van der Waals surface area contributed by atoms with Crippen LogP contribution in [-0.4, -0.2) is 20.2 Å². The normalized spacial score (nSPS) is 11.0. The van der Waals surface area contributed by atoms with Gasteiger partial charge in [0.05, 0.1) is 11.3 Å². The lowest BCUT2D eigenvalue weighted by Crippen LogP contribution is -1.95. The van der Waals surface area contributed by atoms with Crippen LogP contribution in [0, 0.1) is 5.92 Å². The van der Waals surface area contributed by atoms with Crippen molar-refractivity contribution in [2.45, 2.75) is 20.3 Å². The largest absolute Gasteiger partial charge is 0.508 e. The third-order valence-electron chi connectivity index (χ3n) is 3.23. The molecule has 0 amide bonds. The molecule has 0 spiro atoms. The standard InChI is InChI=1S/C17H17N3O2/c1-11(2)9-16-19-17(22-20-16)13-5-8-15(18-10-13)12-3-6-14(21)7-4-12/h3-8,10-11,21H,9H2,1-2H3. The molecule has 2 heterocycles. The molecule has 1 N–H and O–H groups in total. The van der Waals surface area contributed by atoms with Crippen molar-refractivity contribution in [3.8, 4) is 28.5 Å². The number of benzene rings is 1. The predicted octanol–water partition coefficient (Wildman–Crippen LogP) is 3.70. The number of hydrogen-bond acceptors (Lipinski definition) is 5. The first-order chi connectivity index (χ1) is 10.6. The van der Waals surface area contributed by atoms with Gasteiger partial charge in [-0.15, -0.1) is 0 Å². The number of phenols is 1. The molecule has 0 fully saturated rings. The van der Waals surface area contributed by atoms with Crippen LogP contribution in [0.25, 0.3) is 22.7 Å². The van der Waals surface area contributed by atoms with Crippen LogP contribution in [0.15, 0.2) is 47.1 Å². The smallest absolute Gasteiger partial charge is 0.259 e. The lowest BCUT2D eigenvalue weighted by atomic mass is 10.1. The monoisotopic (exact) mass is 295 g/mol. The summed E-state index contributed by atoms with van der Waals surface area (Å²) in [6.45, 7) is 4.23. The molecule has 0 radical (unpaired) electrons. The molecule has 5 nitrogen and oxygen atoms in total. The number of nitrogens with zero attached hydrogens (tertiary/aromatic N) is 3. The molecule has 5 heteroatoms. The molecule has 0 aliphatic carbocycles. The van der Waals surface area contributed by atoms with E-state index in [1.165, 1.54) is 0 Å². The number of pyridine rings is 1. The lowest BCUT2D eigenvalue weighted by molar-refractivity contribution is 0.417. The molecule has 0 saturated heterocycles. The van der Waals surface area contributed by atoms with Crippen molar-refractivity contribution in [3.63, 3.8) is 0 Å². The highest BCUT2D eigenvalue weighted by Gasteiger charge is 2.10. The molecule has 3 rings (SSSR count). The highest BCUT2D eigenvalue weighted by molar-refractivity contribution is 5.63. The van der Waals surface area contributed by atoms with Crippen molar-refractivity contribution < 1.29 is 9.63 Å². The van der Waals surface area contributed by atoms with E-state index in [2.05, 4.69) is 29.0 Å². The van der Waals surface area contributed by atoms with Crippen molar-refractivity contribution >= 4 is 0 Å². The Morgan fingerprint density at radius 1 is 1.05 bits per heavy atom. The molecule has 0 unspecified atom stereocenters. The van der Waals surface area contributed by atoms with Crippen LogP contribution in [0.2, 0.25) is 0 Å². The van der Waals surface area contributed by atoms with Gasteiger partial charge in [-0.2, -0.15) is 4.98 Å². The van der Waals surface area contributed by atoms with E-state index in [1.807, 2.05) is 24.3 Å². The topological polar surface area (TPSA) is 72.0 Å². The summed E-state index contributed by atoms with van der Waals surface area (Å²) in [7, 11) is 0. The van der Waals surface area contributed by atoms with E-state index in [-0.39, 0.29) is 5.75 Å². The third-order valence-corrected chi connectivity index (χ3v) is 3.23. The minimum absolute atomic E-state index is 0.240. The maximum absolute atomic E-state index is 9.31. The second-order valence-corrected chi connectivity index (χ2v) is 5.59.